The molecule has 1 aromatic carbocycles. The lowest BCUT2D eigenvalue weighted by Crippen LogP contribution is -2.39. The first kappa shape index (κ1) is 14.9. The van der Waals surface area contributed by atoms with Gasteiger partial charge in [-0.3, -0.25) is 4.79 Å². The van der Waals surface area contributed by atoms with Gasteiger partial charge in [0.15, 0.2) is 0 Å². The van der Waals surface area contributed by atoms with Crippen LogP contribution in [0, 0.1) is 5.92 Å². The number of hydrogen-bond donors (Lipinski definition) is 1. The van der Waals surface area contributed by atoms with Crippen molar-refractivity contribution in [1.29, 1.82) is 0 Å². The van der Waals surface area contributed by atoms with E-state index in [0.717, 1.165) is 37.4 Å². The van der Waals surface area contributed by atoms with Crippen molar-refractivity contribution in [3.63, 3.8) is 0 Å². The van der Waals surface area contributed by atoms with E-state index >= 15 is 0 Å². The maximum Gasteiger partial charge on any atom is 0.244 e. The van der Waals surface area contributed by atoms with Gasteiger partial charge in [0.1, 0.15) is 5.75 Å². The number of methoxy groups -OCH3 is 1. The van der Waals surface area contributed by atoms with E-state index in [1.54, 1.807) is 7.11 Å². The summed E-state index contributed by atoms with van der Waals surface area (Å²) in [5, 5.41) is 3.37. The van der Waals surface area contributed by atoms with E-state index in [4.69, 9.17) is 4.74 Å². The molecule has 1 aliphatic heterocycles. The Morgan fingerprint density at radius 2 is 2.15 bits per heavy atom. The Hall–Kier alpha value is -1.55. The Morgan fingerprint density at radius 1 is 1.40 bits per heavy atom. The fourth-order valence-corrected chi connectivity index (χ4v) is 2.51. The van der Waals surface area contributed by atoms with Crippen LogP contribution in [0.2, 0.25) is 0 Å². The Balaban J connectivity index is 2.00. The van der Waals surface area contributed by atoms with Crippen molar-refractivity contribution < 1.29 is 9.53 Å². The van der Waals surface area contributed by atoms with Gasteiger partial charge < -0.3 is 15.0 Å². The van der Waals surface area contributed by atoms with Crippen molar-refractivity contribution >= 4 is 11.6 Å². The SMILES string of the molecule is COc1ccccc1N1CCC(NCCC(C)C)C1=O. The molecule has 1 saturated heterocycles. The largest absolute Gasteiger partial charge is 0.495 e. The number of nitrogens with one attached hydrogen (secondary N) is 1. The molecule has 1 atom stereocenters. The normalized spacial score (nSPS) is 18.9. The molecule has 1 fully saturated rings. The number of benzene rings is 1. The van der Waals surface area contributed by atoms with Crippen molar-refractivity contribution in [2.24, 2.45) is 5.92 Å². The number of nitrogens with zero attached hydrogens (tertiary/aromatic N) is 1. The van der Waals surface area contributed by atoms with E-state index < -0.39 is 0 Å². The van der Waals surface area contributed by atoms with Crippen LogP contribution in [0.5, 0.6) is 5.75 Å². The molecule has 1 amide bonds. The average Bonchev–Trinajstić information content (AvgIpc) is 2.80. The molecule has 0 aliphatic carbocycles. The molecule has 0 spiro atoms. The smallest absolute Gasteiger partial charge is 0.244 e. The number of para-hydroxylation sites is 2. The maximum absolute atomic E-state index is 12.5. The van der Waals surface area contributed by atoms with Gasteiger partial charge in [0.2, 0.25) is 5.91 Å². The predicted molar refractivity (Wildman–Crippen MR) is 81.2 cm³/mol. The lowest BCUT2D eigenvalue weighted by molar-refractivity contribution is -0.118. The summed E-state index contributed by atoms with van der Waals surface area (Å²) in [5.41, 5.74) is 0.869. The third-order valence-electron chi connectivity index (χ3n) is 3.69. The molecular formula is C16H24N2O2. The Bertz CT molecular complexity index is 460. The van der Waals surface area contributed by atoms with Gasteiger partial charge >= 0.3 is 0 Å². The van der Waals surface area contributed by atoms with Gasteiger partial charge in [0, 0.05) is 6.54 Å². The van der Waals surface area contributed by atoms with Gasteiger partial charge in [-0.15, -0.1) is 0 Å². The highest BCUT2D eigenvalue weighted by atomic mass is 16.5. The molecule has 1 unspecified atom stereocenters. The van der Waals surface area contributed by atoms with Gasteiger partial charge in [-0.2, -0.15) is 0 Å². The topological polar surface area (TPSA) is 41.6 Å². The van der Waals surface area contributed by atoms with E-state index in [0.29, 0.717) is 5.92 Å². The molecule has 20 heavy (non-hydrogen) atoms. The average molecular weight is 276 g/mol. The summed E-state index contributed by atoms with van der Waals surface area (Å²) < 4.78 is 5.34. The van der Waals surface area contributed by atoms with Crippen molar-refractivity contribution in [3.05, 3.63) is 24.3 Å². The number of ether oxygens (including phenoxy) is 1. The Kier molecular flexibility index (Phi) is 5.01. The second-order valence-electron chi connectivity index (χ2n) is 5.64. The molecule has 4 nitrogen and oxygen atoms in total. The molecule has 0 aromatic heterocycles. The zero-order valence-corrected chi connectivity index (χ0v) is 12.6. The van der Waals surface area contributed by atoms with Gasteiger partial charge in [-0.05, 0) is 37.4 Å². The Labute approximate surface area is 121 Å². The van der Waals surface area contributed by atoms with Crippen LogP contribution in [0.15, 0.2) is 24.3 Å². The maximum atomic E-state index is 12.5. The van der Waals surface area contributed by atoms with Crippen LogP contribution in [-0.2, 0) is 4.79 Å². The minimum Gasteiger partial charge on any atom is -0.495 e. The number of rotatable bonds is 6. The molecular weight excluding hydrogens is 252 g/mol. The molecule has 0 bridgehead atoms. The van der Waals surface area contributed by atoms with Gasteiger partial charge in [0.05, 0.1) is 18.8 Å². The summed E-state index contributed by atoms with van der Waals surface area (Å²) in [5.74, 6) is 1.56. The monoisotopic (exact) mass is 276 g/mol. The summed E-state index contributed by atoms with van der Waals surface area (Å²) in [7, 11) is 1.64. The van der Waals surface area contributed by atoms with E-state index in [1.807, 2.05) is 29.2 Å². The fraction of sp³-hybridized carbons (Fsp3) is 0.562. The van der Waals surface area contributed by atoms with Crippen LogP contribution in [0.1, 0.15) is 26.7 Å². The minimum absolute atomic E-state index is 0.0568. The van der Waals surface area contributed by atoms with E-state index in [2.05, 4.69) is 19.2 Å². The van der Waals surface area contributed by atoms with Gasteiger partial charge in [-0.25, -0.2) is 0 Å². The van der Waals surface area contributed by atoms with Crippen molar-refractivity contribution in [2.75, 3.05) is 25.1 Å². The predicted octanol–water partition coefficient (Wildman–Crippen LogP) is 2.44. The van der Waals surface area contributed by atoms with E-state index in [-0.39, 0.29) is 11.9 Å². The standard InChI is InChI=1S/C16H24N2O2/c1-12(2)8-10-17-13-9-11-18(16(13)19)14-6-4-5-7-15(14)20-3/h4-7,12-13,17H,8-11H2,1-3H3. The molecule has 4 heteroatoms. The summed E-state index contributed by atoms with van der Waals surface area (Å²) in [4.78, 5) is 14.3. The van der Waals surface area contributed by atoms with Crippen LogP contribution in [-0.4, -0.2) is 32.1 Å². The molecule has 2 rings (SSSR count). The quantitative estimate of drug-likeness (QED) is 0.867. The first-order chi connectivity index (χ1) is 9.63. The van der Waals surface area contributed by atoms with Crippen LogP contribution in [0.4, 0.5) is 5.69 Å². The molecule has 1 heterocycles. The summed E-state index contributed by atoms with van der Waals surface area (Å²) in [6, 6.07) is 7.63. The number of anilines is 1. The highest BCUT2D eigenvalue weighted by Crippen LogP contribution is 2.30. The number of amides is 1. The van der Waals surface area contributed by atoms with Gasteiger partial charge in [0.25, 0.3) is 0 Å². The van der Waals surface area contributed by atoms with Crippen LogP contribution in [0.25, 0.3) is 0 Å². The lowest BCUT2D eigenvalue weighted by atomic mass is 10.1. The number of carbonyl (C=O) groups excluding carboxylic acids is 1. The summed E-state index contributed by atoms with van der Waals surface area (Å²) >= 11 is 0. The first-order valence-electron chi connectivity index (χ1n) is 7.31. The second-order valence-corrected chi connectivity index (χ2v) is 5.64. The lowest BCUT2D eigenvalue weighted by Gasteiger charge is -2.20. The van der Waals surface area contributed by atoms with Crippen LogP contribution < -0.4 is 15.0 Å². The van der Waals surface area contributed by atoms with Crippen LogP contribution in [0.3, 0.4) is 0 Å². The molecule has 0 radical (unpaired) electrons. The third kappa shape index (κ3) is 3.31. The summed E-state index contributed by atoms with van der Waals surface area (Å²) in [6.07, 6.45) is 1.95. The van der Waals surface area contributed by atoms with E-state index in [1.165, 1.54) is 0 Å². The fourth-order valence-electron chi connectivity index (χ4n) is 2.51. The van der Waals surface area contributed by atoms with Gasteiger partial charge in [-0.1, -0.05) is 26.0 Å². The van der Waals surface area contributed by atoms with Crippen molar-refractivity contribution in [1.82, 2.24) is 5.32 Å². The highest BCUT2D eigenvalue weighted by Gasteiger charge is 2.33. The second kappa shape index (κ2) is 6.75. The zero-order valence-electron chi connectivity index (χ0n) is 12.6. The zero-order chi connectivity index (χ0) is 14.5. The number of hydrogen-bond acceptors (Lipinski definition) is 3. The van der Waals surface area contributed by atoms with E-state index in [9.17, 15) is 4.79 Å². The van der Waals surface area contributed by atoms with Crippen molar-refractivity contribution in [3.8, 4) is 5.75 Å². The van der Waals surface area contributed by atoms with Crippen LogP contribution >= 0.6 is 0 Å². The molecule has 1 N–H and O–H groups in total. The minimum atomic E-state index is -0.0568. The first-order valence-corrected chi connectivity index (χ1v) is 7.31. The molecule has 110 valence electrons. The summed E-state index contributed by atoms with van der Waals surface area (Å²) in [6.45, 7) is 6.03. The molecule has 0 saturated carbocycles. The number of carbonyl (C=O) groups is 1. The Morgan fingerprint density at radius 3 is 2.85 bits per heavy atom. The molecule has 1 aromatic rings. The third-order valence-corrected chi connectivity index (χ3v) is 3.69. The highest BCUT2D eigenvalue weighted by molar-refractivity contribution is 6.00. The van der Waals surface area contributed by atoms with Crippen molar-refractivity contribution in [2.45, 2.75) is 32.7 Å². The molecule has 1 aliphatic rings.